The fourth-order valence-electron chi connectivity index (χ4n) is 4.51. The first-order valence-electron chi connectivity index (χ1n) is 10.8. The van der Waals surface area contributed by atoms with E-state index < -0.39 is 30.3 Å². The Bertz CT molecular complexity index is 1040. The number of anilines is 2. The highest BCUT2D eigenvalue weighted by atomic mass is 35.5. The van der Waals surface area contributed by atoms with Crippen LogP contribution in [0.3, 0.4) is 0 Å². The summed E-state index contributed by atoms with van der Waals surface area (Å²) in [4.78, 5) is 40.2. The second-order valence-corrected chi connectivity index (χ2v) is 8.91. The quantitative estimate of drug-likeness (QED) is 0.627. The average Bonchev–Trinajstić information content (AvgIpc) is 3.24. The zero-order valence-electron chi connectivity index (χ0n) is 17.5. The standard InChI is InChI=1S/C24H24Cl2N2O4/c25-18-9-5-10-19(22(18)26)27-21(29)14-32-24(31)17-8-3-2-7-16(17)23(30)28-13-12-15-6-1-4-11-20(15)28/h1,4-6,9-11,16-17H,2-3,7-8,12-14H2,(H,27,29). The Morgan fingerprint density at radius 3 is 2.56 bits per heavy atom. The monoisotopic (exact) mass is 474 g/mol. The molecule has 32 heavy (non-hydrogen) atoms. The van der Waals surface area contributed by atoms with Crippen LogP contribution < -0.4 is 10.2 Å². The van der Waals surface area contributed by atoms with E-state index in [-0.39, 0.29) is 10.9 Å². The maximum absolute atomic E-state index is 13.3. The Balaban J connectivity index is 1.38. The summed E-state index contributed by atoms with van der Waals surface area (Å²) in [6, 6.07) is 12.7. The van der Waals surface area contributed by atoms with Gasteiger partial charge in [-0.15, -0.1) is 0 Å². The highest BCUT2D eigenvalue weighted by Crippen LogP contribution is 2.36. The van der Waals surface area contributed by atoms with E-state index >= 15 is 0 Å². The van der Waals surface area contributed by atoms with Crippen molar-refractivity contribution in [3.63, 3.8) is 0 Å². The van der Waals surface area contributed by atoms with Gasteiger partial charge in [0.2, 0.25) is 5.91 Å². The van der Waals surface area contributed by atoms with Crippen molar-refractivity contribution in [3.05, 3.63) is 58.1 Å². The number of para-hydroxylation sites is 1. The summed E-state index contributed by atoms with van der Waals surface area (Å²) in [6.45, 7) is 0.172. The van der Waals surface area contributed by atoms with Crippen molar-refractivity contribution in [2.45, 2.75) is 32.1 Å². The normalized spacial score (nSPS) is 19.9. The molecule has 0 bridgehead atoms. The van der Waals surface area contributed by atoms with Gasteiger partial charge in [0.25, 0.3) is 5.91 Å². The predicted molar refractivity (Wildman–Crippen MR) is 124 cm³/mol. The summed E-state index contributed by atoms with van der Waals surface area (Å²) in [5, 5.41) is 3.12. The number of nitrogens with one attached hydrogen (secondary N) is 1. The Morgan fingerprint density at radius 1 is 1.00 bits per heavy atom. The minimum atomic E-state index is -0.549. The second kappa shape index (κ2) is 9.92. The molecule has 0 radical (unpaired) electrons. The fourth-order valence-corrected chi connectivity index (χ4v) is 4.85. The molecule has 1 aliphatic heterocycles. The van der Waals surface area contributed by atoms with E-state index in [0.717, 1.165) is 30.5 Å². The minimum absolute atomic E-state index is 0.0354. The Morgan fingerprint density at radius 2 is 1.75 bits per heavy atom. The summed E-state index contributed by atoms with van der Waals surface area (Å²) in [7, 11) is 0. The maximum atomic E-state index is 13.3. The van der Waals surface area contributed by atoms with E-state index in [4.69, 9.17) is 27.9 Å². The van der Waals surface area contributed by atoms with Crippen molar-refractivity contribution in [2.75, 3.05) is 23.4 Å². The first kappa shape index (κ1) is 22.6. The molecule has 8 heteroatoms. The molecule has 1 heterocycles. The predicted octanol–water partition coefficient (Wildman–Crippen LogP) is 4.87. The molecule has 1 fully saturated rings. The van der Waals surface area contributed by atoms with E-state index in [1.54, 1.807) is 23.1 Å². The van der Waals surface area contributed by atoms with Crippen molar-refractivity contribution in [3.8, 4) is 0 Å². The van der Waals surface area contributed by atoms with Crippen LogP contribution in [-0.2, 0) is 25.5 Å². The van der Waals surface area contributed by atoms with E-state index in [1.807, 2.05) is 24.3 Å². The SMILES string of the molecule is O=C(COC(=O)C1CCCCC1C(=O)N1CCc2ccccc21)Nc1cccc(Cl)c1Cl. The third kappa shape index (κ3) is 4.76. The zero-order chi connectivity index (χ0) is 22.7. The highest BCUT2D eigenvalue weighted by molar-refractivity contribution is 6.44. The van der Waals surface area contributed by atoms with Gasteiger partial charge in [-0.05, 0) is 43.0 Å². The van der Waals surface area contributed by atoms with Crippen LogP contribution in [0.2, 0.25) is 10.0 Å². The molecular weight excluding hydrogens is 451 g/mol. The number of esters is 1. The molecule has 4 rings (SSSR count). The Labute approximate surface area is 196 Å². The molecule has 1 N–H and O–H groups in total. The topological polar surface area (TPSA) is 75.7 Å². The van der Waals surface area contributed by atoms with Crippen LogP contribution in [0.15, 0.2) is 42.5 Å². The summed E-state index contributed by atoms with van der Waals surface area (Å²) in [5.74, 6) is -2.05. The van der Waals surface area contributed by atoms with Crippen LogP contribution in [0.25, 0.3) is 0 Å². The number of carbonyl (C=O) groups excluding carboxylic acids is 3. The molecule has 0 saturated heterocycles. The number of hydrogen-bond acceptors (Lipinski definition) is 4. The van der Waals surface area contributed by atoms with Crippen molar-refractivity contribution < 1.29 is 19.1 Å². The first-order chi connectivity index (χ1) is 15.5. The number of amides is 2. The number of halogens is 2. The van der Waals surface area contributed by atoms with Gasteiger partial charge in [0.1, 0.15) is 0 Å². The molecule has 2 aliphatic rings. The zero-order valence-corrected chi connectivity index (χ0v) is 19.0. The molecule has 1 saturated carbocycles. The van der Waals surface area contributed by atoms with Gasteiger partial charge in [0.15, 0.2) is 6.61 Å². The van der Waals surface area contributed by atoms with Crippen LogP contribution in [0, 0.1) is 11.8 Å². The summed E-state index contributed by atoms with van der Waals surface area (Å²) < 4.78 is 5.30. The van der Waals surface area contributed by atoms with Gasteiger partial charge in [0.05, 0.1) is 27.6 Å². The van der Waals surface area contributed by atoms with Crippen LogP contribution in [0.5, 0.6) is 0 Å². The molecule has 2 atom stereocenters. The lowest BCUT2D eigenvalue weighted by Crippen LogP contribution is -2.42. The van der Waals surface area contributed by atoms with Crippen molar-refractivity contribution in [1.82, 2.24) is 0 Å². The summed E-state index contributed by atoms with van der Waals surface area (Å²) >= 11 is 12.0. The van der Waals surface area contributed by atoms with Crippen molar-refractivity contribution >= 4 is 52.4 Å². The van der Waals surface area contributed by atoms with Gasteiger partial charge in [-0.25, -0.2) is 0 Å². The number of carbonyl (C=O) groups is 3. The largest absolute Gasteiger partial charge is 0.455 e. The second-order valence-electron chi connectivity index (χ2n) is 8.12. The molecule has 2 amide bonds. The average molecular weight is 475 g/mol. The van der Waals surface area contributed by atoms with Gasteiger partial charge in [-0.2, -0.15) is 0 Å². The molecule has 0 spiro atoms. The smallest absolute Gasteiger partial charge is 0.310 e. The summed E-state index contributed by atoms with van der Waals surface area (Å²) in [5.41, 5.74) is 2.42. The molecule has 1 aliphatic carbocycles. The Hall–Kier alpha value is -2.57. The lowest BCUT2D eigenvalue weighted by Gasteiger charge is -2.32. The lowest BCUT2D eigenvalue weighted by molar-refractivity contribution is -0.156. The van der Waals surface area contributed by atoms with Gasteiger partial charge >= 0.3 is 5.97 Å². The fraction of sp³-hybridized carbons (Fsp3) is 0.375. The number of hydrogen-bond donors (Lipinski definition) is 1. The molecule has 2 aromatic rings. The van der Waals surface area contributed by atoms with Gasteiger partial charge in [0, 0.05) is 12.2 Å². The third-order valence-electron chi connectivity index (χ3n) is 6.11. The Kier molecular flexibility index (Phi) is 7.01. The minimum Gasteiger partial charge on any atom is -0.455 e. The third-order valence-corrected chi connectivity index (χ3v) is 6.93. The summed E-state index contributed by atoms with van der Waals surface area (Å²) in [6.07, 6.45) is 3.78. The molecule has 6 nitrogen and oxygen atoms in total. The molecule has 2 unspecified atom stereocenters. The van der Waals surface area contributed by atoms with Crippen LogP contribution in [-0.4, -0.2) is 30.9 Å². The van der Waals surface area contributed by atoms with Crippen LogP contribution >= 0.6 is 23.2 Å². The molecule has 2 aromatic carbocycles. The van der Waals surface area contributed by atoms with E-state index in [9.17, 15) is 14.4 Å². The molecule has 0 aromatic heterocycles. The number of nitrogens with zero attached hydrogens (tertiary/aromatic N) is 1. The van der Waals surface area contributed by atoms with Crippen LogP contribution in [0.4, 0.5) is 11.4 Å². The first-order valence-corrected chi connectivity index (χ1v) is 11.5. The van der Waals surface area contributed by atoms with Gasteiger partial charge in [-0.3, -0.25) is 14.4 Å². The number of benzene rings is 2. The highest BCUT2D eigenvalue weighted by Gasteiger charge is 2.40. The lowest BCUT2D eigenvalue weighted by atomic mass is 9.78. The van der Waals surface area contributed by atoms with Gasteiger partial charge < -0.3 is 15.0 Å². The van der Waals surface area contributed by atoms with Crippen molar-refractivity contribution in [2.24, 2.45) is 11.8 Å². The molecule has 168 valence electrons. The van der Waals surface area contributed by atoms with Crippen LogP contribution in [0.1, 0.15) is 31.2 Å². The maximum Gasteiger partial charge on any atom is 0.310 e. The van der Waals surface area contributed by atoms with Gasteiger partial charge in [-0.1, -0.05) is 60.3 Å². The van der Waals surface area contributed by atoms with Crippen molar-refractivity contribution in [1.29, 1.82) is 0 Å². The number of rotatable bonds is 5. The van der Waals surface area contributed by atoms with E-state index in [1.165, 1.54) is 0 Å². The van der Waals surface area contributed by atoms with E-state index in [0.29, 0.717) is 30.1 Å². The van der Waals surface area contributed by atoms with E-state index in [2.05, 4.69) is 5.32 Å². The number of ether oxygens (including phenoxy) is 1. The molecular formula is C24H24Cl2N2O4. The number of fused-ring (bicyclic) bond motifs is 1.